The van der Waals surface area contributed by atoms with E-state index in [9.17, 15) is 4.79 Å². The highest BCUT2D eigenvalue weighted by Crippen LogP contribution is 2.26. The maximum atomic E-state index is 12.1. The Hall–Kier alpha value is -1.97. The van der Waals surface area contributed by atoms with Gasteiger partial charge in [0.15, 0.2) is 0 Å². The van der Waals surface area contributed by atoms with E-state index in [2.05, 4.69) is 5.32 Å². The molecule has 0 aliphatic rings. The molecule has 0 fully saturated rings. The smallest absolute Gasteiger partial charge is 0.234 e. The second kappa shape index (κ2) is 6.86. The Bertz CT molecular complexity index is 819. The first-order valence-electron chi connectivity index (χ1n) is 6.88. The minimum absolute atomic E-state index is 0.0415. The molecule has 0 saturated carbocycles. The van der Waals surface area contributed by atoms with Gasteiger partial charge in [-0.05, 0) is 35.0 Å². The summed E-state index contributed by atoms with van der Waals surface area (Å²) in [6.45, 7) is 0. The van der Waals surface area contributed by atoms with Crippen molar-refractivity contribution in [2.75, 3.05) is 11.1 Å². The molecule has 1 N–H and O–H groups in total. The number of benzene rings is 3. The average Bonchev–Trinajstić information content (AvgIpc) is 2.54. The molecule has 0 radical (unpaired) electrons. The number of carbonyl (C=O) groups is 1. The topological polar surface area (TPSA) is 29.1 Å². The fourth-order valence-electron chi connectivity index (χ4n) is 2.17. The lowest BCUT2D eigenvalue weighted by Gasteiger charge is -2.07. The van der Waals surface area contributed by atoms with Gasteiger partial charge in [-0.25, -0.2) is 0 Å². The van der Waals surface area contributed by atoms with Gasteiger partial charge >= 0.3 is 0 Å². The second-order valence-corrected chi connectivity index (χ2v) is 6.25. The highest BCUT2D eigenvalue weighted by molar-refractivity contribution is 8.00. The van der Waals surface area contributed by atoms with Gasteiger partial charge in [0.25, 0.3) is 0 Å². The van der Waals surface area contributed by atoms with Crippen molar-refractivity contribution in [3.63, 3.8) is 0 Å². The number of fused-ring (bicyclic) bond motifs is 1. The fourth-order valence-corrected chi connectivity index (χ4v) is 3.21. The van der Waals surface area contributed by atoms with Crippen molar-refractivity contribution >= 4 is 45.7 Å². The number of carbonyl (C=O) groups excluding carboxylic acids is 1. The van der Waals surface area contributed by atoms with E-state index in [0.717, 1.165) is 21.4 Å². The van der Waals surface area contributed by atoms with Crippen LogP contribution in [0.15, 0.2) is 71.6 Å². The molecular formula is C18H14ClNOS. The van der Waals surface area contributed by atoms with Gasteiger partial charge in [-0.15, -0.1) is 11.8 Å². The summed E-state index contributed by atoms with van der Waals surface area (Å²) in [7, 11) is 0. The van der Waals surface area contributed by atoms with Crippen LogP contribution < -0.4 is 5.32 Å². The van der Waals surface area contributed by atoms with Crippen LogP contribution in [0.25, 0.3) is 10.8 Å². The lowest BCUT2D eigenvalue weighted by Crippen LogP contribution is -2.13. The zero-order chi connectivity index (χ0) is 15.4. The van der Waals surface area contributed by atoms with Gasteiger partial charge in [-0.1, -0.05) is 54.1 Å². The molecule has 2 nitrogen and oxygen atoms in total. The van der Waals surface area contributed by atoms with E-state index >= 15 is 0 Å². The molecule has 0 bridgehead atoms. The van der Waals surface area contributed by atoms with Gasteiger partial charge in [0.05, 0.1) is 10.8 Å². The summed E-state index contributed by atoms with van der Waals surface area (Å²) < 4.78 is 0. The van der Waals surface area contributed by atoms with Crippen molar-refractivity contribution in [3.8, 4) is 0 Å². The molecule has 0 spiro atoms. The van der Waals surface area contributed by atoms with Crippen LogP contribution in [-0.2, 0) is 4.79 Å². The SMILES string of the molecule is O=C(CSc1ccccc1Cl)Nc1ccc2ccccc2c1. The number of hydrogen-bond donors (Lipinski definition) is 1. The molecule has 0 aliphatic heterocycles. The van der Waals surface area contributed by atoms with Crippen LogP contribution in [0, 0.1) is 0 Å². The zero-order valence-corrected chi connectivity index (χ0v) is 13.3. The van der Waals surface area contributed by atoms with Crippen molar-refractivity contribution in [1.82, 2.24) is 0 Å². The van der Waals surface area contributed by atoms with E-state index in [1.165, 1.54) is 11.8 Å². The van der Waals surface area contributed by atoms with E-state index in [1.54, 1.807) is 0 Å². The highest BCUT2D eigenvalue weighted by atomic mass is 35.5. The molecule has 0 atom stereocenters. The van der Waals surface area contributed by atoms with Gasteiger partial charge in [0.2, 0.25) is 5.91 Å². The van der Waals surface area contributed by atoms with Gasteiger partial charge in [-0.3, -0.25) is 4.79 Å². The summed E-state index contributed by atoms with van der Waals surface area (Å²) >= 11 is 7.51. The van der Waals surface area contributed by atoms with Gasteiger partial charge in [0, 0.05) is 10.6 Å². The first-order chi connectivity index (χ1) is 10.7. The maximum absolute atomic E-state index is 12.1. The molecule has 1 amide bonds. The first-order valence-corrected chi connectivity index (χ1v) is 8.25. The van der Waals surface area contributed by atoms with Crippen LogP contribution in [0.1, 0.15) is 0 Å². The summed E-state index contributed by atoms with van der Waals surface area (Å²) in [6, 6.07) is 21.5. The van der Waals surface area contributed by atoms with Crippen molar-refractivity contribution in [2.45, 2.75) is 4.90 Å². The molecule has 0 saturated heterocycles. The Balaban J connectivity index is 1.64. The van der Waals surface area contributed by atoms with Crippen LogP contribution in [0.3, 0.4) is 0 Å². The minimum Gasteiger partial charge on any atom is -0.325 e. The van der Waals surface area contributed by atoms with Crippen molar-refractivity contribution in [2.24, 2.45) is 0 Å². The lowest BCUT2D eigenvalue weighted by molar-refractivity contribution is -0.113. The molecule has 0 aromatic heterocycles. The van der Waals surface area contributed by atoms with Crippen molar-refractivity contribution in [3.05, 3.63) is 71.8 Å². The summed E-state index contributed by atoms with van der Waals surface area (Å²) in [5.74, 6) is 0.288. The van der Waals surface area contributed by atoms with Gasteiger partial charge in [0.1, 0.15) is 0 Å². The fraction of sp³-hybridized carbons (Fsp3) is 0.0556. The number of nitrogens with one attached hydrogen (secondary N) is 1. The molecule has 3 aromatic rings. The number of amides is 1. The molecule has 22 heavy (non-hydrogen) atoms. The van der Waals surface area contributed by atoms with Crippen LogP contribution >= 0.6 is 23.4 Å². The summed E-state index contributed by atoms with van der Waals surface area (Å²) in [6.07, 6.45) is 0. The van der Waals surface area contributed by atoms with Crippen LogP contribution in [0.4, 0.5) is 5.69 Å². The Morgan fingerprint density at radius 2 is 1.68 bits per heavy atom. The molecule has 0 heterocycles. The Morgan fingerprint density at radius 1 is 0.955 bits per heavy atom. The molecule has 0 unspecified atom stereocenters. The predicted molar refractivity (Wildman–Crippen MR) is 94.8 cm³/mol. The first kappa shape index (κ1) is 14.9. The molecular weight excluding hydrogens is 314 g/mol. The summed E-state index contributed by atoms with van der Waals surface area (Å²) in [5, 5.41) is 5.86. The standard InChI is InChI=1S/C18H14ClNOS/c19-16-7-3-4-8-17(16)22-12-18(21)20-15-10-9-13-5-1-2-6-14(13)11-15/h1-11H,12H2,(H,20,21). The van der Waals surface area contributed by atoms with E-state index in [-0.39, 0.29) is 5.91 Å². The van der Waals surface area contributed by atoms with Crippen molar-refractivity contribution < 1.29 is 4.79 Å². The molecule has 3 rings (SSSR count). The number of anilines is 1. The summed E-state index contributed by atoms with van der Waals surface area (Å²) in [5.41, 5.74) is 0.809. The van der Waals surface area contributed by atoms with E-state index in [1.807, 2.05) is 66.7 Å². The Labute approximate surface area is 138 Å². The van der Waals surface area contributed by atoms with Gasteiger partial charge in [-0.2, -0.15) is 0 Å². The minimum atomic E-state index is -0.0415. The third-order valence-electron chi connectivity index (χ3n) is 3.23. The number of halogens is 1. The monoisotopic (exact) mass is 327 g/mol. The molecule has 4 heteroatoms. The molecule has 110 valence electrons. The lowest BCUT2D eigenvalue weighted by atomic mass is 10.1. The van der Waals surface area contributed by atoms with E-state index in [4.69, 9.17) is 11.6 Å². The Kier molecular flexibility index (Phi) is 4.66. The normalized spacial score (nSPS) is 10.6. The largest absolute Gasteiger partial charge is 0.325 e. The predicted octanol–water partition coefficient (Wildman–Crippen LogP) is 5.22. The number of hydrogen-bond acceptors (Lipinski definition) is 2. The zero-order valence-electron chi connectivity index (χ0n) is 11.8. The number of rotatable bonds is 4. The maximum Gasteiger partial charge on any atom is 0.234 e. The van der Waals surface area contributed by atoms with Crippen LogP contribution in [0.5, 0.6) is 0 Å². The van der Waals surface area contributed by atoms with Gasteiger partial charge < -0.3 is 5.32 Å². The third kappa shape index (κ3) is 3.62. The Morgan fingerprint density at radius 3 is 2.50 bits per heavy atom. The van der Waals surface area contributed by atoms with E-state index < -0.39 is 0 Å². The summed E-state index contributed by atoms with van der Waals surface area (Å²) in [4.78, 5) is 13.0. The van der Waals surface area contributed by atoms with Crippen molar-refractivity contribution in [1.29, 1.82) is 0 Å². The average molecular weight is 328 g/mol. The van der Waals surface area contributed by atoms with E-state index in [0.29, 0.717) is 10.8 Å². The molecule has 0 aliphatic carbocycles. The number of thioether (sulfide) groups is 1. The molecule has 3 aromatic carbocycles. The highest BCUT2D eigenvalue weighted by Gasteiger charge is 2.06. The third-order valence-corrected chi connectivity index (χ3v) is 4.74. The second-order valence-electron chi connectivity index (χ2n) is 4.83. The van der Waals surface area contributed by atoms with Crippen LogP contribution in [0.2, 0.25) is 5.02 Å². The van der Waals surface area contributed by atoms with Crippen LogP contribution in [-0.4, -0.2) is 11.7 Å². The quantitative estimate of drug-likeness (QED) is 0.665.